The van der Waals surface area contributed by atoms with Crippen molar-refractivity contribution in [1.29, 1.82) is 0 Å². The van der Waals surface area contributed by atoms with Gasteiger partial charge < -0.3 is 39.5 Å². The number of halogens is 2. The molecule has 4 aromatic carbocycles. The van der Waals surface area contributed by atoms with Gasteiger partial charge in [0.05, 0.1) is 47.6 Å². The summed E-state index contributed by atoms with van der Waals surface area (Å²) in [7, 11) is 0. The van der Waals surface area contributed by atoms with Crippen molar-refractivity contribution in [2.24, 2.45) is 0 Å². The second-order valence-corrected chi connectivity index (χ2v) is 23.5. The standard InChI is InChI=1S/C61H76Cl2N8O5/c62-57-47-35-64-59(55(47)45(33-53(57)75-27-7-21-68-23-13-43(72)14-24-68)51-31-41-29-39(9-11-49(41)66-51)37-70-17-3-1-4-18-70)61(74)60-56-46(52-32-42-30-40(10-12-50(42)67-52)38-71-19-5-2-6-20-71)34-54(58(63)48(56)36-65-60)76-28-8-22-69-25-15-44(73)16-26-69/h9-12,29-34,43-44,59-60,64-67,72-73H,1-8,13-28,35-38H2. The molecule has 4 fully saturated rings. The van der Waals surface area contributed by atoms with Crippen LogP contribution in [0.4, 0.5) is 0 Å². The van der Waals surface area contributed by atoms with E-state index in [9.17, 15) is 10.2 Å². The molecule has 12 rings (SSSR count). The summed E-state index contributed by atoms with van der Waals surface area (Å²) in [4.78, 5) is 33.2. The highest BCUT2D eigenvalue weighted by Gasteiger charge is 2.42. The summed E-state index contributed by atoms with van der Waals surface area (Å²) >= 11 is 14.8. The number of aromatic amines is 2. The zero-order valence-electron chi connectivity index (χ0n) is 44.0. The van der Waals surface area contributed by atoms with Gasteiger partial charge in [0.15, 0.2) is 5.78 Å². The summed E-state index contributed by atoms with van der Waals surface area (Å²) in [6.07, 6.45) is 12.1. The number of aliphatic hydroxyl groups is 2. The summed E-state index contributed by atoms with van der Waals surface area (Å²) in [5, 5.41) is 30.8. The van der Waals surface area contributed by atoms with Crippen LogP contribution in [0.1, 0.15) is 123 Å². The average Bonchev–Trinajstić information content (AvgIpc) is 4.30. The monoisotopic (exact) mass is 1070 g/mol. The molecule has 4 saturated heterocycles. The van der Waals surface area contributed by atoms with E-state index in [0.717, 1.165) is 184 Å². The zero-order valence-corrected chi connectivity index (χ0v) is 45.6. The molecule has 6 N–H and O–H groups in total. The molecule has 0 aliphatic carbocycles. The Kier molecular flexibility index (Phi) is 16.1. The molecular weight excluding hydrogens is 996 g/mol. The quantitative estimate of drug-likeness (QED) is 0.0458. The Morgan fingerprint density at radius 1 is 0.539 bits per heavy atom. The van der Waals surface area contributed by atoms with E-state index < -0.39 is 12.1 Å². The smallest absolute Gasteiger partial charge is 0.175 e. The van der Waals surface area contributed by atoms with Crippen LogP contribution in [0, 0.1) is 0 Å². The number of aromatic nitrogens is 2. The Hall–Kier alpha value is -4.51. The maximum absolute atomic E-state index is 15.8. The second kappa shape index (κ2) is 23.4. The fourth-order valence-corrected chi connectivity index (χ4v) is 13.7. The molecule has 2 unspecified atom stereocenters. The number of ether oxygens (including phenoxy) is 2. The van der Waals surface area contributed by atoms with E-state index in [4.69, 9.17) is 32.7 Å². The van der Waals surface area contributed by atoms with Crippen molar-refractivity contribution in [3.63, 3.8) is 0 Å². The van der Waals surface area contributed by atoms with Crippen LogP contribution in [0.2, 0.25) is 10.0 Å². The molecule has 0 amide bonds. The van der Waals surface area contributed by atoms with Gasteiger partial charge in [0.25, 0.3) is 0 Å². The van der Waals surface area contributed by atoms with Crippen molar-refractivity contribution < 1.29 is 24.5 Å². The normalized spacial score (nSPS) is 21.5. The van der Waals surface area contributed by atoms with Crippen LogP contribution in [0.5, 0.6) is 11.5 Å². The summed E-state index contributed by atoms with van der Waals surface area (Å²) in [5.74, 6) is 1.22. The number of hydrogen-bond acceptors (Lipinski definition) is 11. The predicted octanol–water partition coefficient (Wildman–Crippen LogP) is 10.3. The number of benzene rings is 4. The number of Topliss-reactive ketones (excluding diaryl/α,β-unsaturated/α-hetero) is 1. The number of likely N-dealkylation sites (tertiary alicyclic amines) is 4. The van der Waals surface area contributed by atoms with Gasteiger partial charge in [-0.05, 0) is 172 Å². The minimum Gasteiger partial charge on any atom is -0.492 e. The zero-order chi connectivity index (χ0) is 51.7. The Bertz CT molecular complexity index is 2820. The third-order valence-electron chi connectivity index (χ3n) is 17.4. The highest BCUT2D eigenvalue weighted by atomic mass is 35.5. The predicted molar refractivity (Wildman–Crippen MR) is 303 cm³/mol. The molecular formula is C61H76Cl2N8O5. The Labute approximate surface area is 457 Å². The van der Waals surface area contributed by atoms with Crippen LogP contribution in [0.25, 0.3) is 44.3 Å². The van der Waals surface area contributed by atoms with Gasteiger partial charge in [0.1, 0.15) is 11.5 Å². The van der Waals surface area contributed by atoms with Crippen LogP contribution in [-0.2, 0) is 31.0 Å². The van der Waals surface area contributed by atoms with Gasteiger partial charge in [0, 0.05) is 110 Å². The summed E-state index contributed by atoms with van der Waals surface area (Å²) < 4.78 is 13.2. The number of piperidine rings is 4. The number of hydrogen-bond donors (Lipinski definition) is 6. The molecule has 15 heteroatoms. The lowest BCUT2D eigenvalue weighted by Crippen LogP contribution is -2.36. The number of carbonyl (C=O) groups excluding carboxylic acids is 1. The van der Waals surface area contributed by atoms with Gasteiger partial charge in [-0.2, -0.15) is 0 Å². The number of aliphatic hydroxyl groups excluding tert-OH is 2. The highest BCUT2D eigenvalue weighted by Crippen LogP contribution is 2.49. The average molecular weight is 1070 g/mol. The van der Waals surface area contributed by atoms with E-state index in [1.807, 2.05) is 12.1 Å². The fourth-order valence-electron chi connectivity index (χ4n) is 13.2. The third-order valence-corrected chi connectivity index (χ3v) is 18.2. The maximum Gasteiger partial charge on any atom is 0.175 e. The van der Waals surface area contributed by atoms with E-state index >= 15 is 4.79 Å². The van der Waals surface area contributed by atoms with Crippen molar-refractivity contribution >= 4 is 50.8 Å². The van der Waals surface area contributed by atoms with Crippen LogP contribution in [0.15, 0.2) is 60.7 Å². The topological polar surface area (TPSA) is 145 Å². The molecule has 13 nitrogen and oxygen atoms in total. The minimum atomic E-state index is -0.686. The van der Waals surface area contributed by atoms with Crippen LogP contribution < -0.4 is 20.1 Å². The molecule has 2 aromatic heterocycles. The molecule has 0 spiro atoms. The molecule has 6 aromatic rings. The Morgan fingerprint density at radius 3 is 1.38 bits per heavy atom. The summed E-state index contributed by atoms with van der Waals surface area (Å²) in [6, 6.07) is 20.6. The molecule has 6 aliphatic heterocycles. The van der Waals surface area contributed by atoms with E-state index in [0.29, 0.717) is 47.8 Å². The highest BCUT2D eigenvalue weighted by molar-refractivity contribution is 6.34. The Morgan fingerprint density at radius 2 is 0.961 bits per heavy atom. The number of fused-ring (bicyclic) bond motifs is 4. The number of nitrogens with zero attached hydrogens (tertiary/aromatic N) is 4. The van der Waals surface area contributed by atoms with Crippen molar-refractivity contribution in [1.82, 2.24) is 40.2 Å². The molecule has 8 heterocycles. The van der Waals surface area contributed by atoms with E-state index in [-0.39, 0.29) is 18.0 Å². The second-order valence-electron chi connectivity index (χ2n) is 22.7. The third kappa shape index (κ3) is 11.3. The van der Waals surface area contributed by atoms with Crippen LogP contribution in [0.3, 0.4) is 0 Å². The molecule has 0 bridgehead atoms. The minimum absolute atomic E-state index is 0.00683. The fraction of sp³-hybridized carbons (Fsp3) is 0.525. The van der Waals surface area contributed by atoms with E-state index in [1.54, 1.807) is 0 Å². The maximum atomic E-state index is 15.8. The first-order chi connectivity index (χ1) is 37.2. The largest absolute Gasteiger partial charge is 0.492 e. The first-order valence-electron chi connectivity index (χ1n) is 28.7. The first-order valence-corrected chi connectivity index (χ1v) is 29.4. The lowest BCUT2D eigenvalue weighted by molar-refractivity contribution is -0.123. The number of H-pyrrole nitrogens is 2. The van der Waals surface area contributed by atoms with Gasteiger partial charge in [-0.15, -0.1) is 0 Å². The first kappa shape index (κ1) is 52.2. The van der Waals surface area contributed by atoms with Gasteiger partial charge in [-0.25, -0.2) is 0 Å². The van der Waals surface area contributed by atoms with Crippen molar-refractivity contribution in [2.75, 3.05) is 78.7 Å². The molecule has 0 saturated carbocycles. The van der Waals surface area contributed by atoms with E-state index in [1.165, 1.54) is 49.7 Å². The van der Waals surface area contributed by atoms with Gasteiger partial charge >= 0.3 is 0 Å². The lowest BCUT2D eigenvalue weighted by Gasteiger charge is -2.29. The number of rotatable bonds is 18. The van der Waals surface area contributed by atoms with Crippen molar-refractivity contribution in [3.8, 4) is 34.0 Å². The number of ketones is 1. The van der Waals surface area contributed by atoms with Gasteiger partial charge in [-0.3, -0.25) is 25.2 Å². The number of nitrogens with one attached hydrogen (secondary N) is 4. The number of carbonyl (C=O) groups is 1. The SMILES string of the molecule is O=C(C1NCc2c(Cl)c(OCCCN3CCC(O)CC3)cc(-c3cc4cc(CN5CCCCC5)ccc4[nH]3)c21)C1NCc2c(Cl)c(OCCCN3CCC(O)CC3)cc(-c3cc4cc(CN5CCCCC5)ccc4[nH]3)c21. The molecule has 404 valence electrons. The molecule has 76 heavy (non-hydrogen) atoms. The Balaban J connectivity index is 0.872. The molecule has 6 aliphatic rings. The van der Waals surface area contributed by atoms with Crippen molar-refractivity contribution in [3.05, 3.63) is 104 Å². The summed E-state index contributed by atoms with van der Waals surface area (Å²) in [5.41, 5.74) is 11.8. The van der Waals surface area contributed by atoms with Gasteiger partial charge in [-0.1, -0.05) is 48.2 Å². The van der Waals surface area contributed by atoms with E-state index in [2.05, 4.69) is 88.7 Å². The van der Waals surface area contributed by atoms with Crippen LogP contribution >= 0.6 is 23.2 Å². The lowest BCUT2D eigenvalue weighted by atomic mass is 9.87. The van der Waals surface area contributed by atoms with Crippen molar-refractivity contribution in [2.45, 2.75) is 128 Å². The summed E-state index contributed by atoms with van der Waals surface area (Å²) in [6.45, 7) is 13.6. The molecule has 2 atom stereocenters. The van der Waals surface area contributed by atoms with Crippen LogP contribution in [-0.4, -0.2) is 136 Å². The van der Waals surface area contributed by atoms with Gasteiger partial charge in [0.2, 0.25) is 0 Å². The molecule has 0 radical (unpaired) electrons.